The monoisotopic (exact) mass is 347 g/mol. The molecule has 4 rings (SSSR count). The van der Waals surface area contributed by atoms with Gasteiger partial charge in [-0.1, -0.05) is 0 Å². The fourth-order valence-electron chi connectivity index (χ4n) is 3.43. The number of nitrogens with zero attached hydrogens (tertiary/aromatic N) is 7. The van der Waals surface area contributed by atoms with E-state index in [1.165, 1.54) is 0 Å². The van der Waals surface area contributed by atoms with Gasteiger partial charge in [-0.3, -0.25) is 14.0 Å². The van der Waals surface area contributed by atoms with Crippen molar-refractivity contribution in [3.05, 3.63) is 24.8 Å². The van der Waals surface area contributed by atoms with Gasteiger partial charge in [0, 0.05) is 44.4 Å². The van der Waals surface area contributed by atoms with Crippen molar-refractivity contribution in [2.24, 2.45) is 0 Å². The van der Waals surface area contributed by atoms with Gasteiger partial charge in [-0.2, -0.15) is 0 Å². The number of halogens is 2. The molecule has 0 N–H and O–H groups in total. The minimum absolute atomic E-state index is 0.165. The summed E-state index contributed by atoms with van der Waals surface area (Å²) >= 11 is 0. The standard InChI is InChI=1S/C16H19F2N7/c1-3-23-14(13-20-10-12-9-19-5-7-25(12)13)21-22-15(23)24-6-4-16(17,18)8-11(24)2/h5,7,9-11H,3-4,6,8H2,1-2H3. The van der Waals surface area contributed by atoms with Crippen molar-refractivity contribution in [1.82, 2.24) is 29.1 Å². The Hall–Kier alpha value is -2.58. The summed E-state index contributed by atoms with van der Waals surface area (Å²) < 4.78 is 31.1. The summed E-state index contributed by atoms with van der Waals surface area (Å²) in [5, 5.41) is 8.60. The Morgan fingerprint density at radius 1 is 1.24 bits per heavy atom. The highest BCUT2D eigenvalue weighted by atomic mass is 19.3. The van der Waals surface area contributed by atoms with Crippen LogP contribution in [0.1, 0.15) is 26.7 Å². The van der Waals surface area contributed by atoms with Crippen LogP contribution in [0.5, 0.6) is 0 Å². The molecule has 7 nitrogen and oxygen atoms in total. The summed E-state index contributed by atoms with van der Waals surface area (Å²) in [6, 6.07) is -0.299. The number of imidazole rings is 1. The number of piperidine rings is 1. The van der Waals surface area contributed by atoms with Gasteiger partial charge in [0.25, 0.3) is 5.92 Å². The molecule has 25 heavy (non-hydrogen) atoms. The van der Waals surface area contributed by atoms with Crippen LogP contribution in [0, 0.1) is 0 Å². The zero-order valence-electron chi connectivity index (χ0n) is 14.1. The summed E-state index contributed by atoms with van der Waals surface area (Å²) in [6.45, 7) is 4.67. The highest BCUT2D eigenvalue weighted by Gasteiger charge is 2.40. The molecule has 0 bridgehead atoms. The predicted molar refractivity (Wildman–Crippen MR) is 88.7 cm³/mol. The molecule has 1 aliphatic heterocycles. The molecule has 1 aliphatic rings. The van der Waals surface area contributed by atoms with Crippen LogP contribution in [0.15, 0.2) is 24.8 Å². The summed E-state index contributed by atoms with van der Waals surface area (Å²) in [5.74, 6) is -0.713. The Morgan fingerprint density at radius 2 is 2.08 bits per heavy atom. The van der Waals surface area contributed by atoms with Gasteiger partial charge in [-0.15, -0.1) is 10.2 Å². The molecular weight excluding hydrogens is 328 g/mol. The number of fused-ring (bicyclic) bond motifs is 1. The van der Waals surface area contributed by atoms with E-state index in [1.807, 2.05) is 27.0 Å². The molecule has 3 aromatic heterocycles. The number of rotatable bonds is 3. The molecule has 0 radical (unpaired) electrons. The maximum atomic E-state index is 13.6. The zero-order chi connectivity index (χ0) is 17.6. The Balaban J connectivity index is 1.75. The molecule has 1 saturated heterocycles. The SMILES string of the molecule is CCn1c(-c2ncc3cnccn23)nnc1N1CCC(F)(F)CC1C. The van der Waals surface area contributed by atoms with Crippen LogP contribution < -0.4 is 4.90 Å². The fourth-order valence-corrected chi connectivity index (χ4v) is 3.43. The van der Waals surface area contributed by atoms with Crippen LogP contribution in [-0.2, 0) is 6.54 Å². The lowest BCUT2D eigenvalue weighted by atomic mass is 10.0. The van der Waals surface area contributed by atoms with Crippen LogP contribution in [0.2, 0.25) is 0 Å². The molecule has 0 saturated carbocycles. The Morgan fingerprint density at radius 3 is 2.84 bits per heavy atom. The third kappa shape index (κ3) is 2.63. The maximum absolute atomic E-state index is 13.6. The Bertz CT molecular complexity index is 901. The van der Waals surface area contributed by atoms with Gasteiger partial charge < -0.3 is 4.90 Å². The van der Waals surface area contributed by atoms with E-state index < -0.39 is 5.92 Å². The molecule has 1 unspecified atom stereocenters. The minimum atomic E-state index is -2.61. The van der Waals surface area contributed by atoms with Gasteiger partial charge in [0.15, 0.2) is 5.82 Å². The number of aromatic nitrogens is 6. The topological polar surface area (TPSA) is 64.1 Å². The van der Waals surface area contributed by atoms with Crippen LogP contribution in [-0.4, -0.2) is 47.6 Å². The Labute approximate surface area is 143 Å². The molecule has 0 amide bonds. The molecule has 9 heteroatoms. The second-order valence-electron chi connectivity index (χ2n) is 6.37. The molecule has 1 fully saturated rings. The van der Waals surface area contributed by atoms with Gasteiger partial charge in [0.1, 0.15) is 0 Å². The zero-order valence-corrected chi connectivity index (χ0v) is 14.1. The lowest BCUT2D eigenvalue weighted by molar-refractivity contribution is -0.0322. The lowest BCUT2D eigenvalue weighted by Crippen LogP contribution is -2.46. The lowest BCUT2D eigenvalue weighted by Gasteiger charge is -2.37. The number of alkyl halides is 2. The van der Waals surface area contributed by atoms with E-state index in [4.69, 9.17) is 0 Å². The van der Waals surface area contributed by atoms with Gasteiger partial charge in [-0.05, 0) is 13.8 Å². The fraction of sp³-hybridized carbons (Fsp3) is 0.500. The third-order valence-electron chi connectivity index (χ3n) is 4.68. The van der Waals surface area contributed by atoms with Crippen molar-refractivity contribution in [3.8, 4) is 11.6 Å². The van der Waals surface area contributed by atoms with E-state index in [-0.39, 0.29) is 25.4 Å². The van der Waals surface area contributed by atoms with Crippen molar-refractivity contribution >= 4 is 11.5 Å². The van der Waals surface area contributed by atoms with Crippen molar-refractivity contribution in [2.45, 2.75) is 45.2 Å². The van der Waals surface area contributed by atoms with E-state index >= 15 is 0 Å². The quantitative estimate of drug-likeness (QED) is 0.729. The van der Waals surface area contributed by atoms with Crippen LogP contribution >= 0.6 is 0 Å². The average molecular weight is 347 g/mol. The molecule has 4 heterocycles. The van der Waals surface area contributed by atoms with E-state index in [2.05, 4.69) is 20.2 Å². The van der Waals surface area contributed by atoms with Crippen molar-refractivity contribution in [1.29, 1.82) is 0 Å². The molecule has 0 spiro atoms. The molecule has 0 aromatic carbocycles. The smallest absolute Gasteiger partial charge is 0.251 e. The van der Waals surface area contributed by atoms with Crippen LogP contribution in [0.3, 0.4) is 0 Å². The van der Waals surface area contributed by atoms with Gasteiger partial charge in [-0.25, -0.2) is 13.8 Å². The first-order valence-electron chi connectivity index (χ1n) is 8.35. The predicted octanol–water partition coefficient (Wildman–Crippen LogP) is 2.63. The summed E-state index contributed by atoms with van der Waals surface area (Å²) in [6.07, 6.45) is 6.61. The first-order chi connectivity index (χ1) is 12.0. The van der Waals surface area contributed by atoms with Crippen LogP contribution in [0.4, 0.5) is 14.7 Å². The van der Waals surface area contributed by atoms with Crippen LogP contribution in [0.25, 0.3) is 17.2 Å². The molecular formula is C16H19F2N7. The molecule has 3 aromatic rings. The van der Waals surface area contributed by atoms with Crippen molar-refractivity contribution in [3.63, 3.8) is 0 Å². The average Bonchev–Trinajstić information content (AvgIpc) is 3.17. The van der Waals surface area contributed by atoms with Gasteiger partial charge in [0.2, 0.25) is 11.8 Å². The van der Waals surface area contributed by atoms with E-state index in [0.29, 0.717) is 24.1 Å². The second-order valence-corrected chi connectivity index (χ2v) is 6.37. The number of hydrogen-bond acceptors (Lipinski definition) is 5. The summed E-state index contributed by atoms with van der Waals surface area (Å²) in [4.78, 5) is 10.4. The van der Waals surface area contributed by atoms with E-state index in [9.17, 15) is 8.78 Å². The first-order valence-corrected chi connectivity index (χ1v) is 8.35. The highest BCUT2D eigenvalue weighted by Crippen LogP contribution is 2.34. The minimum Gasteiger partial charge on any atom is -0.338 e. The second kappa shape index (κ2) is 5.75. The van der Waals surface area contributed by atoms with E-state index in [0.717, 1.165) is 5.52 Å². The molecule has 0 aliphatic carbocycles. The summed E-state index contributed by atoms with van der Waals surface area (Å²) in [7, 11) is 0. The first kappa shape index (κ1) is 15.9. The maximum Gasteiger partial charge on any atom is 0.251 e. The number of anilines is 1. The normalized spacial score (nSPS) is 20.3. The molecule has 132 valence electrons. The van der Waals surface area contributed by atoms with Gasteiger partial charge >= 0.3 is 0 Å². The van der Waals surface area contributed by atoms with E-state index in [1.54, 1.807) is 25.5 Å². The van der Waals surface area contributed by atoms with Crippen molar-refractivity contribution < 1.29 is 8.78 Å². The Kier molecular flexibility index (Phi) is 3.66. The number of hydrogen-bond donors (Lipinski definition) is 0. The molecule has 1 atom stereocenters. The largest absolute Gasteiger partial charge is 0.338 e. The third-order valence-corrected chi connectivity index (χ3v) is 4.68. The summed E-state index contributed by atoms with van der Waals surface area (Å²) in [5.41, 5.74) is 0.857. The van der Waals surface area contributed by atoms with Crippen molar-refractivity contribution in [2.75, 3.05) is 11.4 Å². The highest BCUT2D eigenvalue weighted by molar-refractivity contribution is 5.57. The van der Waals surface area contributed by atoms with Gasteiger partial charge in [0.05, 0.1) is 17.9 Å².